The van der Waals surface area contributed by atoms with Gasteiger partial charge in [-0.05, 0) is 44.7 Å². The van der Waals surface area contributed by atoms with Crippen LogP contribution < -0.4 is 10.1 Å². The smallest absolute Gasteiger partial charge is 0.408 e. The van der Waals surface area contributed by atoms with E-state index in [1.807, 2.05) is 12.2 Å². The number of Topliss-reactive ketones (excluding diaryl/α,β-unsaturated/α-hetero) is 1. The molecule has 6 N–H and O–H groups in total. The topological polar surface area (TPSA) is 218 Å². The molecule has 14 heteroatoms. The number of nitrogens with one attached hydrogen (secondary N) is 1. The number of hydrogen-bond donors (Lipinski definition) is 6. The molecule has 2 aromatic rings. The number of fused-ring (bicyclic) bond motifs is 3. The second-order valence-electron chi connectivity index (χ2n) is 13.3. The molecule has 0 bridgehead atoms. The molecule has 6 rings (SSSR count). The Labute approximate surface area is 287 Å². The first-order chi connectivity index (χ1) is 23.9. The fourth-order valence-corrected chi connectivity index (χ4v) is 7.41. The predicted octanol–water partition coefficient (Wildman–Crippen LogP) is 2.66. The summed E-state index contributed by atoms with van der Waals surface area (Å²) in [4.78, 5) is 53.4. The third-order valence-electron chi connectivity index (χ3n) is 10.0. The van der Waals surface area contributed by atoms with Gasteiger partial charge in [0, 0.05) is 36.0 Å². The lowest BCUT2D eigenvalue weighted by molar-refractivity contribution is -0.249. The maximum Gasteiger partial charge on any atom is 0.408 e. The van der Waals surface area contributed by atoms with Gasteiger partial charge in [-0.2, -0.15) is 0 Å². The van der Waals surface area contributed by atoms with E-state index in [9.17, 15) is 44.7 Å². The fraction of sp³-hybridized carbons (Fsp3) is 0.500. The van der Waals surface area contributed by atoms with Gasteiger partial charge < -0.3 is 49.8 Å². The van der Waals surface area contributed by atoms with Gasteiger partial charge in [0.15, 0.2) is 17.9 Å². The number of phenolic OH excluding ortho intramolecular Hbond substituents is 2. The molecule has 3 aliphatic carbocycles. The highest BCUT2D eigenvalue weighted by atomic mass is 16.7. The number of aliphatic hydroxyl groups excluding tert-OH is 2. The summed E-state index contributed by atoms with van der Waals surface area (Å²) in [6.07, 6.45) is 1.13. The van der Waals surface area contributed by atoms with Crippen LogP contribution in [-0.2, 0) is 25.4 Å². The van der Waals surface area contributed by atoms with Gasteiger partial charge in [-0.3, -0.25) is 14.4 Å². The van der Waals surface area contributed by atoms with Gasteiger partial charge in [0.25, 0.3) is 0 Å². The minimum Gasteiger partial charge on any atom is -0.507 e. The molecule has 14 nitrogen and oxygen atoms in total. The SMILES string of the molecule is COc1cccc2c1C(=O)c1c(O)c3c(c(O)c1C2=O)C[C@@](O)(C(=O)CO)C[C@@H]3O[C@H]1CC(NC(=O)OC2/C=C/CCCCC2)C(O)C(C)O1. The highest BCUT2D eigenvalue weighted by molar-refractivity contribution is 6.31. The van der Waals surface area contributed by atoms with Gasteiger partial charge in [-0.15, -0.1) is 0 Å². The Kier molecular flexibility index (Phi) is 10.0. The summed E-state index contributed by atoms with van der Waals surface area (Å²) in [5.41, 5.74) is -3.93. The lowest BCUT2D eigenvalue weighted by atomic mass is 9.72. The molecule has 268 valence electrons. The number of phenols is 2. The molecule has 2 aromatic carbocycles. The largest absolute Gasteiger partial charge is 0.507 e. The van der Waals surface area contributed by atoms with E-state index in [0.717, 1.165) is 25.7 Å². The summed E-state index contributed by atoms with van der Waals surface area (Å²) >= 11 is 0. The van der Waals surface area contributed by atoms with Gasteiger partial charge >= 0.3 is 6.09 Å². The number of carbonyl (C=O) groups excluding carboxylic acids is 4. The third kappa shape index (κ3) is 6.37. The van der Waals surface area contributed by atoms with Gasteiger partial charge in [-0.1, -0.05) is 24.6 Å². The van der Waals surface area contributed by atoms with Crippen LogP contribution in [0.25, 0.3) is 0 Å². The monoisotopic (exact) mass is 695 g/mol. The number of aromatic hydroxyl groups is 2. The van der Waals surface area contributed by atoms with E-state index in [0.29, 0.717) is 6.42 Å². The minimum atomic E-state index is -2.32. The highest BCUT2D eigenvalue weighted by Gasteiger charge is 2.50. The lowest BCUT2D eigenvalue weighted by Gasteiger charge is -2.42. The Hall–Kier alpha value is -4.34. The Bertz CT molecular complexity index is 1740. The summed E-state index contributed by atoms with van der Waals surface area (Å²) in [6, 6.07) is 3.41. The molecule has 1 saturated heterocycles. The second-order valence-corrected chi connectivity index (χ2v) is 13.3. The standard InChI is InChI=1S/C36H41NO13/c1-17-30(40)21(37-35(45)49-18-9-6-4-3-5-7-10-18)13-25(48-17)50-23-15-36(46,24(39)16-38)14-20-27(23)34(44)29-28(32(20)42)31(41)19-11-8-12-22(47-2)26(19)33(29)43/h6,8-9,11-12,17-18,21,23,25,30,38,40,42,44,46H,3-5,7,10,13-16H2,1-2H3,(H,37,45)/b9-6+/t17?,18?,21?,23-,25-,30?,36-/m0/s1. The number of aliphatic hydroxyl groups is 3. The molecule has 1 heterocycles. The van der Waals surface area contributed by atoms with E-state index in [1.165, 1.54) is 25.3 Å². The van der Waals surface area contributed by atoms with Crippen molar-refractivity contribution < 1.29 is 63.7 Å². The van der Waals surface area contributed by atoms with Crippen LogP contribution in [0.4, 0.5) is 4.79 Å². The Morgan fingerprint density at radius 1 is 1.06 bits per heavy atom. The number of rotatable bonds is 7. The molecular weight excluding hydrogens is 654 g/mol. The summed E-state index contributed by atoms with van der Waals surface area (Å²) in [6.45, 7) is 0.487. The summed E-state index contributed by atoms with van der Waals surface area (Å²) in [5.74, 6) is -3.98. The molecule has 0 spiro atoms. The molecule has 4 aliphatic rings. The van der Waals surface area contributed by atoms with Crippen LogP contribution >= 0.6 is 0 Å². The van der Waals surface area contributed by atoms with Crippen LogP contribution in [0.5, 0.6) is 17.2 Å². The molecule has 0 radical (unpaired) electrons. The normalized spacial score (nSPS) is 29.8. The van der Waals surface area contributed by atoms with E-state index in [4.69, 9.17) is 18.9 Å². The molecule has 1 amide bonds. The first kappa shape index (κ1) is 35.5. The van der Waals surface area contributed by atoms with E-state index < -0.39 is 108 Å². The quantitative estimate of drug-likeness (QED) is 0.155. The average Bonchev–Trinajstić information content (AvgIpc) is 3.07. The van der Waals surface area contributed by atoms with Crippen molar-refractivity contribution in [3.63, 3.8) is 0 Å². The zero-order valence-corrected chi connectivity index (χ0v) is 27.7. The summed E-state index contributed by atoms with van der Waals surface area (Å²) < 4.78 is 23.0. The number of amides is 1. The Balaban J connectivity index is 1.33. The van der Waals surface area contributed by atoms with E-state index in [-0.39, 0.29) is 34.4 Å². The highest BCUT2D eigenvalue weighted by Crippen LogP contribution is 2.52. The van der Waals surface area contributed by atoms with E-state index in [2.05, 4.69) is 5.32 Å². The number of carbonyl (C=O) groups is 4. The van der Waals surface area contributed by atoms with Crippen molar-refractivity contribution in [3.8, 4) is 17.2 Å². The number of ether oxygens (including phenoxy) is 4. The first-order valence-corrected chi connectivity index (χ1v) is 16.7. The van der Waals surface area contributed by atoms with Crippen molar-refractivity contribution in [3.05, 3.63) is 63.7 Å². The van der Waals surface area contributed by atoms with Crippen LogP contribution in [0.1, 0.15) is 101 Å². The Morgan fingerprint density at radius 3 is 2.56 bits per heavy atom. The van der Waals surface area contributed by atoms with Crippen LogP contribution in [0.2, 0.25) is 0 Å². The van der Waals surface area contributed by atoms with Crippen LogP contribution in [0, 0.1) is 0 Å². The van der Waals surface area contributed by atoms with Crippen LogP contribution in [0.15, 0.2) is 30.4 Å². The molecule has 0 aromatic heterocycles. The maximum atomic E-state index is 13.9. The van der Waals surface area contributed by atoms with Crippen molar-refractivity contribution in [1.29, 1.82) is 0 Å². The number of allylic oxidation sites excluding steroid dienone is 1. The molecule has 7 atom stereocenters. The molecule has 0 saturated carbocycles. The zero-order valence-electron chi connectivity index (χ0n) is 27.7. The van der Waals surface area contributed by atoms with Gasteiger partial charge in [-0.25, -0.2) is 4.79 Å². The van der Waals surface area contributed by atoms with Gasteiger partial charge in [0.2, 0.25) is 5.78 Å². The second kappa shape index (κ2) is 14.1. The van der Waals surface area contributed by atoms with Crippen molar-refractivity contribution in [2.45, 2.75) is 101 Å². The molecule has 4 unspecified atom stereocenters. The van der Waals surface area contributed by atoms with E-state index >= 15 is 0 Å². The van der Waals surface area contributed by atoms with Gasteiger partial charge in [0.1, 0.15) is 41.7 Å². The number of ketones is 3. The van der Waals surface area contributed by atoms with E-state index in [1.54, 1.807) is 6.92 Å². The summed E-state index contributed by atoms with van der Waals surface area (Å²) in [5, 5.41) is 58.1. The van der Waals surface area contributed by atoms with Crippen LogP contribution in [-0.4, -0.2) is 98.9 Å². The zero-order chi connectivity index (χ0) is 35.9. The van der Waals surface area contributed by atoms with Crippen molar-refractivity contribution in [2.24, 2.45) is 0 Å². The van der Waals surface area contributed by atoms with Gasteiger partial charge in [0.05, 0.1) is 42.0 Å². The number of methoxy groups -OCH3 is 1. The van der Waals surface area contributed by atoms with Crippen molar-refractivity contribution in [2.75, 3.05) is 13.7 Å². The average molecular weight is 696 g/mol. The lowest BCUT2D eigenvalue weighted by Crippen LogP contribution is -2.56. The molecule has 50 heavy (non-hydrogen) atoms. The first-order valence-electron chi connectivity index (χ1n) is 16.7. The molecule has 1 fully saturated rings. The fourth-order valence-electron chi connectivity index (χ4n) is 7.41. The number of benzene rings is 2. The maximum absolute atomic E-state index is 13.9. The Morgan fingerprint density at radius 2 is 1.82 bits per heavy atom. The van der Waals surface area contributed by atoms with Crippen molar-refractivity contribution in [1.82, 2.24) is 5.32 Å². The molecular formula is C36H41NO13. The third-order valence-corrected chi connectivity index (χ3v) is 10.0. The minimum absolute atomic E-state index is 0.0737. The number of alkyl carbamates (subject to hydrolysis) is 1. The number of hydrogen-bond acceptors (Lipinski definition) is 13. The predicted molar refractivity (Wildman–Crippen MR) is 173 cm³/mol. The van der Waals surface area contributed by atoms with Crippen LogP contribution in [0.3, 0.4) is 0 Å². The summed E-state index contributed by atoms with van der Waals surface area (Å²) in [7, 11) is 1.31. The molecule has 1 aliphatic heterocycles. The van der Waals surface area contributed by atoms with Crippen molar-refractivity contribution >= 4 is 23.4 Å².